The number of carbonyl (C=O) groups is 1. The number of aryl methyl sites for hydroxylation is 2. The van der Waals surface area contributed by atoms with Crippen molar-refractivity contribution < 1.29 is 9.18 Å². The van der Waals surface area contributed by atoms with Crippen molar-refractivity contribution in [2.24, 2.45) is 7.05 Å². The molecule has 0 saturated carbocycles. The quantitative estimate of drug-likeness (QED) is 0.861. The van der Waals surface area contributed by atoms with Gasteiger partial charge in [-0.05, 0) is 30.7 Å². The number of amides is 1. The van der Waals surface area contributed by atoms with Crippen molar-refractivity contribution in [1.82, 2.24) is 9.78 Å². The van der Waals surface area contributed by atoms with E-state index in [9.17, 15) is 9.18 Å². The van der Waals surface area contributed by atoms with Gasteiger partial charge >= 0.3 is 0 Å². The Balaban J connectivity index is 2.03. The first-order valence-electron chi connectivity index (χ1n) is 5.80. The zero-order valence-electron chi connectivity index (χ0n) is 10.7. The molecule has 1 amide bonds. The summed E-state index contributed by atoms with van der Waals surface area (Å²) in [4.78, 5) is 11.7. The minimum Gasteiger partial charge on any atom is -0.307 e. The van der Waals surface area contributed by atoms with Crippen LogP contribution >= 0.6 is 0 Å². The third-order valence-corrected chi connectivity index (χ3v) is 2.53. The molecule has 19 heavy (non-hydrogen) atoms. The highest BCUT2D eigenvalue weighted by atomic mass is 19.1. The van der Waals surface area contributed by atoms with Gasteiger partial charge in [-0.2, -0.15) is 5.10 Å². The highest BCUT2D eigenvalue weighted by Gasteiger charge is 2.04. The lowest BCUT2D eigenvalue weighted by Crippen LogP contribution is -2.11. The van der Waals surface area contributed by atoms with Gasteiger partial charge in [0.1, 0.15) is 11.6 Å². The summed E-state index contributed by atoms with van der Waals surface area (Å²) >= 11 is 0. The molecule has 5 heteroatoms. The number of benzene rings is 1. The van der Waals surface area contributed by atoms with Crippen molar-refractivity contribution in [3.8, 4) is 0 Å². The first kappa shape index (κ1) is 13.0. The largest absolute Gasteiger partial charge is 0.307 e. The van der Waals surface area contributed by atoms with Gasteiger partial charge in [0.15, 0.2) is 0 Å². The summed E-state index contributed by atoms with van der Waals surface area (Å²) in [5.41, 5.74) is 1.46. The number of hydrogen-bond donors (Lipinski definition) is 1. The lowest BCUT2D eigenvalue weighted by Gasteiger charge is -2.01. The number of rotatable bonds is 3. The van der Waals surface area contributed by atoms with Crippen molar-refractivity contribution >= 4 is 17.8 Å². The van der Waals surface area contributed by atoms with E-state index in [2.05, 4.69) is 10.4 Å². The fourth-order valence-electron chi connectivity index (χ4n) is 1.68. The van der Waals surface area contributed by atoms with Gasteiger partial charge in [0.05, 0.1) is 5.69 Å². The van der Waals surface area contributed by atoms with Crippen LogP contribution in [0.25, 0.3) is 6.08 Å². The Hall–Kier alpha value is -2.43. The van der Waals surface area contributed by atoms with Crippen LogP contribution in [-0.2, 0) is 11.8 Å². The summed E-state index contributed by atoms with van der Waals surface area (Å²) in [6.45, 7) is 1.85. The standard InChI is InChI=1S/C14H14FN3O/c1-10-8-13(18(2)17-10)16-14(19)7-6-11-4-3-5-12(15)9-11/h3-9H,1-2H3,(H,16,19). The summed E-state index contributed by atoms with van der Waals surface area (Å²) in [5, 5.41) is 6.82. The molecule has 0 aliphatic rings. The number of halogens is 1. The van der Waals surface area contributed by atoms with E-state index < -0.39 is 0 Å². The summed E-state index contributed by atoms with van der Waals surface area (Å²) in [6, 6.07) is 7.81. The highest BCUT2D eigenvalue weighted by molar-refractivity contribution is 6.01. The first-order valence-corrected chi connectivity index (χ1v) is 5.80. The summed E-state index contributed by atoms with van der Waals surface area (Å²) in [7, 11) is 1.75. The summed E-state index contributed by atoms with van der Waals surface area (Å²) < 4.78 is 14.5. The topological polar surface area (TPSA) is 46.9 Å². The fourth-order valence-corrected chi connectivity index (χ4v) is 1.68. The zero-order valence-corrected chi connectivity index (χ0v) is 10.7. The monoisotopic (exact) mass is 259 g/mol. The zero-order chi connectivity index (χ0) is 13.8. The van der Waals surface area contributed by atoms with Crippen LogP contribution in [0, 0.1) is 12.7 Å². The molecule has 1 heterocycles. The second-order valence-electron chi connectivity index (χ2n) is 4.17. The Kier molecular flexibility index (Phi) is 3.75. The highest BCUT2D eigenvalue weighted by Crippen LogP contribution is 2.09. The average Bonchev–Trinajstić information content (AvgIpc) is 2.65. The van der Waals surface area contributed by atoms with Crippen molar-refractivity contribution in [3.63, 3.8) is 0 Å². The number of nitrogens with one attached hydrogen (secondary N) is 1. The maximum Gasteiger partial charge on any atom is 0.249 e. The van der Waals surface area contributed by atoms with Gasteiger partial charge < -0.3 is 5.32 Å². The van der Waals surface area contributed by atoms with E-state index in [1.807, 2.05) is 6.92 Å². The van der Waals surface area contributed by atoms with E-state index in [1.54, 1.807) is 36.0 Å². The van der Waals surface area contributed by atoms with Gasteiger partial charge in [-0.15, -0.1) is 0 Å². The van der Waals surface area contributed by atoms with Crippen molar-refractivity contribution in [1.29, 1.82) is 0 Å². The molecule has 0 bridgehead atoms. The number of nitrogens with zero attached hydrogens (tertiary/aromatic N) is 2. The van der Waals surface area contributed by atoms with Crippen LogP contribution in [0.3, 0.4) is 0 Å². The molecule has 2 rings (SSSR count). The molecule has 2 aromatic rings. The van der Waals surface area contributed by atoms with Gasteiger partial charge in [-0.1, -0.05) is 12.1 Å². The van der Waals surface area contributed by atoms with Crippen LogP contribution in [0.2, 0.25) is 0 Å². The molecule has 0 unspecified atom stereocenters. The normalized spacial score (nSPS) is 10.9. The Morgan fingerprint density at radius 3 is 2.84 bits per heavy atom. The van der Waals surface area contributed by atoms with E-state index in [4.69, 9.17) is 0 Å². The minimum absolute atomic E-state index is 0.285. The van der Waals surface area contributed by atoms with E-state index >= 15 is 0 Å². The van der Waals surface area contributed by atoms with Crippen molar-refractivity contribution in [2.45, 2.75) is 6.92 Å². The lowest BCUT2D eigenvalue weighted by atomic mass is 10.2. The van der Waals surface area contributed by atoms with Gasteiger partial charge in [-0.25, -0.2) is 4.39 Å². The van der Waals surface area contributed by atoms with Gasteiger partial charge in [0.25, 0.3) is 0 Å². The van der Waals surface area contributed by atoms with Crippen molar-refractivity contribution in [2.75, 3.05) is 5.32 Å². The molecular formula is C14H14FN3O. The van der Waals surface area contributed by atoms with Gasteiger partial charge in [-0.3, -0.25) is 9.48 Å². The molecule has 1 N–H and O–H groups in total. The molecule has 0 spiro atoms. The van der Waals surface area contributed by atoms with E-state index in [-0.39, 0.29) is 11.7 Å². The third kappa shape index (κ3) is 3.51. The molecule has 0 radical (unpaired) electrons. The molecule has 0 fully saturated rings. The maximum absolute atomic E-state index is 12.9. The Bertz CT molecular complexity index is 631. The maximum atomic E-state index is 12.9. The van der Waals surface area contributed by atoms with E-state index in [0.29, 0.717) is 11.4 Å². The Labute approximate surface area is 110 Å². The van der Waals surface area contributed by atoms with Crippen molar-refractivity contribution in [3.05, 3.63) is 53.5 Å². The smallest absolute Gasteiger partial charge is 0.249 e. The summed E-state index contributed by atoms with van der Waals surface area (Å²) in [5.74, 6) is 0.00321. The third-order valence-electron chi connectivity index (χ3n) is 2.53. The molecule has 0 atom stereocenters. The summed E-state index contributed by atoms with van der Waals surface area (Å²) in [6.07, 6.45) is 2.92. The van der Waals surface area contributed by atoms with Crippen LogP contribution in [0.1, 0.15) is 11.3 Å². The van der Waals surface area contributed by atoms with Crippen LogP contribution in [-0.4, -0.2) is 15.7 Å². The Morgan fingerprint density at radius 2 is 2.21 bits per heavy atom. The van der Waals surface area contributed by atoms with E-state index in [0.717, 1.165) is 5.69 Å². The molecule has 98 valence electrons. The average molecular weight is 259 g/mol. The number of carbonyl (C=O) groups excluding carboxylic acids is 1. The van der Waals surface area contributed by atoms with Crippen LogP contribution in [0.15, 0.2) is 36.4 Å². The molecule has 4 nitrogen and oxygen atoms in total. The van der Waals surface area contributed by atoms with Crippen LogP contribution in [0.4, 0.5) is 10.2 Å². The number of anilines is 1. The van der Waals surface area contributed by atoms with Crippen LogP contribution in [0.5, 0.6) is 0 Å². The van der Waals surface area contributed by atoms with Gasteiger partial charge in [0.2, 0.25) is 5.91 Å². The first-order chi connectivity index (χ1) is 9.04. The minimum atomic E-state index is -0.329. The second kappa shape index (κ2) is 5.48. The predicted molar refractivity (Wildman–Crippen MR) is 72.0 cm³/mol. The number of hydrogen-bond acceptors (Lipinski definition) is 2. The SMILES string of the molecule is Cc1cc(NC(=O)C=Cc2cccc(F)c2)n(C)n1. The molecule has 1 aromatic carbocycles. The van der Waals surface area contributed by atoms with Crippen LogP contribution < -0.4 is 5.32 Å². The number of aromatic nitrogens is 2. The molecule has 1 aromatic heterocycles. The Morgan fingerprint density at radius 1 is 1.42 bits per heavy atom. The second-order valence-corrected chi connectivity index (χ2v) is 4.17. The van der Waals surface area contributed by atoms with E-state index in [1.165, 1.54) is 18.2 Å². The predicted octanol–water partition coefficient (Wildman–Crippen LogP) is 2.52. The molecule has 0 saturated heterocycles. The molecule has 0 aliphatic heterocycles. The lowest BCUT2D eigenvalue weighted by molar-refractivity contribution is -0.111. The van der Waals surface area contributed by atoms with Gasteiger partial charge in [0, 0.05) is 19.2 Å². The molecule has 0 aliphatic carbocycles. The fraction of sp³-hybridized carbons (Fsp3) is 0.143. The molecular weight excluding hydrogens is 245 g/mol.